The first-order valence-corrected chi connectivity index (χ1v) is 12.2. The second-order valence-electron chi connectivity index (χ2n) is 7.93. The zero-order valence-electron chi connectivity index (χ0n) is 19.8. The molecule has 1 atom stereocenters. The van der Waals surface area contributed by atoms with Gasteiger partial charge in [-0.05, 0) is 30.7 Å². The van der Waals surface area contributed by atoms with Crippen molar-refractivity contribution in [3.8, 4) is 28.6 Å². The lowest BCUT2D eigenvalue weighted by Crippen LogP contribution is -2.35. The summed E-state index contributed by atoms with van der Waals surface area (Å²) < 4.78 is 28.3. The van der Waals surface area contributed by atoms with E-state index in [0.717, 1.165) is 28.8 Å². The van der Waals surface area contributed by atoms with Crippen LogP contribution in [0.3, 0.4) is 0 Å². The van der Waals surface area contributed by atoms with E-state index in [1.807, 2.05) is 36.5 Å². The average molecular weight is 520 g/mol. The third-order valence-corrected chi connectivity index (χ3v) is 6.51. The van der Waals surface area contributed by atoms with Crippen LogP contribution in [-0.2, 0) is 6.42 Å². The minimum Gasteiger partial charge on any atom is -0.381 e. The molecule has 0 radical (unpaired) electrons. The van der Waals surface area contributed by atoms with E-state index in [4.69, 9.17) is 5.26 Å². The third kappa shape index (κ3) is 6.30. The molecule has 3 N–H and O–H groups in total. The van der Waals surface area contributed by atoms with Gasteiger partial charge in [0.15, 0.2) is 11.2 Å². The van der Waals surface area contributed by atoms with E-state index in [0.29, 0.717) is 47.2 Å². The van der Waals surface area contributed by atoms with Crippen molar-refractivity contribution in [2.24, 2.45) is 4.99 Å². The lowest BCUT2D eigenvalue weighted by Gasteiger charge is -2.15. The van der Waals surface area contributed by atoms with Gasteiger partial charge in [-0.2, -0.15) is 5.26 Å². The maximum absolute atomic E-state index is 14.5. The molecule has 0 saturated carbocycles. The fraction of sp³-hybridized carbons (Fsp3) is 0.192. The molecule has 0 saturated heterocycles. The first-order chi connectivity index (χ1) is 18.0. The second-order valence-corrected chi connectivity index (χ2v) is 9.02. The van der Waals surface area contributed by atoms with Crippen LogP contribution in [0, 0.1) is 23.1 Å². The number of aliphatic imine (C=N–C) groups is 1. The predicted molar refractivity (Wildman–Crippen MR) is 137 cm³/mol. The number of nitriles is 1. The zero-order valence-corrected chi connectivity index (χ0v) is 20.6. The molecule has 0 aliphatic rings. The van der Waals surface area contributed by atoms with Gasteiger partial charge in [0.2, 0.25) is 5.96 Å². The van der Waals surface area contributed by atoms with Crippen LogP contribution in [0.1, 0.15) is 28.1 Å². The molecule has 8 nitrogen and oxygen atoms in total. The van der Waals surface area contributed by atoms with E-state index in [1.54, 1.807) is 13.1 Å². The minimum absolute atomic E-state index is 0.0480. The predicted octanol–water partition coefficient (Wildman–Crippen LogP) is 4.21. The quantitative estimate of drug-likeness (QED) is 0.105. The first-order valence-electron chi connectivity index (χ1n) is 11.4. The number of halogens is 2. The number of hydrogen-bond donors (Lipinski definition) is 3. The summed E-state index contributed by atoms with van der Waals surface area (Å²) in [6.07, 6.45) is 3.39. The van der Waals surface area contributed by atoms with Crippen LogP contribution in [0.2, 0.25) is 0 Å². The van der Waals surface area contributed by atoms with E-state index in [1.165, 1.54) is 17.5 Å². The number of aliphatic hydroxyl groups excluding tert-OH is 1. The molecule has 188 valence electrons. The van der Waals surface area contributed by atoms with Crippen molar-refractivity contribution in [1.29, 1.82) is 5.26 Å². The Bertz CT molecular complexity index is 1440. The van der Waals surface area contributed by atoms with E-state index >= 15 is 0 Å². The number of nitrogens with one attached hydrogen (secondary N) is 2. The molecule has 2 aromatic carbocycles. The number of guanidine groups is 1. The summed E-state index contributed by atoms with van der Waals surface area (Å²) >= 11 is 1.26. The van der Waals surface area contributed by atoms with Gasteiger partial charge in [0.1, 0.15) is 22.7 Å². The van der Waals surface area contributed by atoms with E-state index < -0.39 is 17.7 Å². The third-order valence-electron chi connectivity index (χ3n) is 5.47. The summed E-state index contributed by atoms with van der Waals surface area (Å²) in [6.45, 7) is 0.558. The molecule has 1 unspecified atom stereocenters. The van der Waals surface area contributed by atoms with Crippen LogP contribution in [0.5, 0.6) is 0 Å². The molecule has 0 spiro atoms. The van der Waals surface area contributed by atoms with Crippen molar-refractivity contribution in [2.45, 2.75) is 18.9 Å². The topological polar surface area (TPSA) is 119 Å². The molecular weight excluding hydrogens is 496 g/mol. The van der Waals surface area contributed by atoms with Crippen molar-refractivity contribution in [3.05, 3.63) is 88.0 Å². The highest BCUT2D eigenvalue weighted by Gasteiger charge is 2.22. The van der Waals surface area contributed by atoms with Gasteiger partial charge in [0.25, 0.3) is 0 Å². The Morgan fingerprint density at radius 3 is 2.70 bits per heavy atom. The van der Waals surface area contributed by atoms with Crippen LogP contribution in [0.25, 0.3) is 22.4 Å². The summed E-state index contributed by atoms with van der Waals surface area (Å²) in [5.41, 5.74) is 2.06. The first kappa shape index (κ1) is 25.8. The van der Waals surface area contributed by atoms with E-state index in [9.17, 15) is 13.9 Å². The normalized spacial score (nSPS) is 12.1. The number of hydrogen-bond acceptors (Lipinski definition) is 7. The molecule has 0 fully saturated rings. The van der Waals surface area contributed by atoms with Gasteiger partial charge >= 0.3 is 0 Å². The fourth-order valence-corrected chi connectivity index (χ4v) is 4.57. The van der Waals surface area contributed by atoms with Crippen molar-refractivity contribution < 1.29 is 13.9 Å². The molecular formula is C26H23F2N7OS. The van der Waals surface area contributed by atoms with Crippen molar-refractivity contribution in [2.75, 3.05) is 13.6 Å². The maximum Gasteiger partial charge on any atom is 0.204 e. The second kappa shape index (κ2) is 12.1. The molecule has 11 heteroatoms. The highest BCUT2D eigenvalue weighted by Crippen LogP contribution is 2.35. The number of aromatic nitrogens is 3. The molecule has 4 aromatic rings. The van der Waals surface area contributed by atoms with Crippen LogP contribution >= 0.6 is 11.3 Å². The summed E-state index contributed by atoms with van der Waals surface area (Å²) in [6, 6.07) is 14.1. The highest BCUT2D eigenvalue weighted by atomic mass is 32.1. The number of aryl methyl sites for hydroxylation is 1. The van der Waals surface area contributed by atoms with E-state index in [-0.39, 0.29) is 5.56 Å². The lowest BCUT2D eigenvalue weighted by molar-refractivity contribution is 0.219. The van der Waals surface area contributed by atoms with Crippen LogP contribution in [-0.4, -0.2) is 39.8 Å². The summed E-state index contributed by atoms with van der Waals surface area (Å²) in [7, 11) is 1.57. The Morgan fingerprint density at radius 2 is 1.95 bits per heavy atom. The summed E-state index contributed by atoms with van der Waals surface area (Å²) in [5.74, 6) is -0.787. The molecule has 2 heterocycles. The number of nitrogens with zero attached hydrogens (tertiary/aromatic N) is 5. The molecule has 0 amide bonds. The van der Waals surface area contributed by atoms with Gasteiger partial charge < -0.3 is 10.4 Å². The van der Waals surface area contributed by atoms with Crippen LogP contribution in [0.4, 0.5) is 8.78 Å². The van der Waals surface area contributed by atoms with Gasteiger partial charge in [0, 0.05) is 48.5 Å². The van der Waals surface area contributed by atoms with Gasteiger partial charge in [-0.3, -0.25) is 15.3 Å². The van der Waals surface area contributed by atoms with Crippen LogP contribution < -0.4 is 10.6 Å². The Hall–Kier alpha value is -4.27. The van der Waals surface area contributed by atoms with Gasteiger partial charge in [0.05, 0.1) is 5.69 Å². The molecule has 4 rings (SSSR count). The fourth-order valence-electron chi connectivity index (χ4n) is 3.68. The van der Waals surface area contributed by atoms with Crippen LogP contribution in [0.15, 0.2) is 65.8 Å². The standard InChI is InChI=1S/C26H23F2N7OS/c1-30-26(33-15-29)31-11-5-8-22-34-35-25(37-22)24(36)20-12-17(19-13-18(27)9-10-21(19)28)14-32-23(20)16-6-3-2-4-7-16/h2-4,6-7,9-10,12-14,24,36H,5,8,11H2,1H3,(H2,30,31,33). The Morgan fingerprint density at radius 1 is 1.14 bits per heavy atom. The van der Waals surface area contributed by atoms with Gasteiger partial charge in [-0.15, -0.1) is 10.2 Å². The Labute approximate surface area is 216 Å². The molecule has 0 aliphatic carbocycles. The minimum atomic E-state index is -1.18. The number of rotatable bonds is 8. The number of benzene rings is 2. The Kier molecular flexibility index (Phi) is 8.45. The lowest BCUT2D eigenvalue weighted by atomic mass is 9.97. The molecule has 0 bridgehead atoms. The smallest absolute Gasteiger partial charge is 0.204 e. The van der Waals surface area contributed by atoms with E-state index in [2.05, 4.69) is 30.8 Å². The number of pyridine rings is 1. The SMILES string of the molecule is CN=C(NC#N)NCCCc1nnc(C(O)c2cc(-c3cc(F)ccc3F)cnc2-c2ccccc2)s1. The van der Waals surface area contributed by atoms with Gasteiger partial charge in [-0.1, -0.05) is 41.7 Å². The summed E-state index contributed by atoms with van der Waals surface area (Å²) in [5, 5.41) is 34.9. The molecule has 2 aromatic heterocycles. The molecule has 0 aliphatic heterocycles. The highest BCUT2D eigenvalue weighted by molar-refractivity contribution is 7.11. The Balaban J connectivity index is 1.59. The van der Waals surface area contributed by atoms with Gasteiger partial charge in [-0.25, -0.2) is 8.78 Å². The molecule has 37 heavy (non-hydrogen) atoms. The summed E-state index contributed by atoms with van der Waals surface area (Å²) in [4.78, 5) is 8.43. The maximum atomic E-state index is 14.5. The van der Waals surface area contributed by atoms with Crippen molar-refractivity contribution >= 4 is 17.3 Å². The largest absolute Gasteiger partial charge is 0.381 e. The van der Waals surface area contributed by atoms with Crippen molar-refractivity contribution in [1.82, 2.24) is 25.8 Å². The number of aliphatic hydroxyl groups is 1. The average Bonchev–Trinajstić information content (AvgIpc) is 3.40. The van der Waals surface area contributed by atoms with Crippen molar-refractivity contribution in [3.63, 3.8) is 0 Å². The zero-order chi connectivity index (χ0) is 26.2. The monoisotopic (exact) mass is 519 g/mol.